The third kappa shape index (κ3) is 3.68. The molecular formula is C16H21FN4. The van der Waals surface area contributed by atoms with Crippen molar-refractivity contribution >= 4 is 11.4 Å². The fraction of sp³-hybridized carbons (Fsp3) is 0.375. The van der Waals surface area contributed by atoms with E-state index in [1.807, 2.05) is 38.8 Å². The first kappa shape index (κ1) is 15.2. The molecule has 0 radical (unpaired) electrons. The van der Waals surface area contributed by atoms with Gasteiger partial charge in [0.25, 0.3) is 0 Å². The summed E-state index contributed by atoms with van der Waals surface area (Å²) in [6, 6.07) is 5.40. The van der Waals surface area contributed by atoms with Crippen molar-refractivity contribution in [2.45, 2.75) is 32.9 Å². The minimum Gasteiger partial charge on any atom is -0.377 e. The van der Waals surface area contributed by atoms with Crippen molar-refractivity contribution in [2.24, 2.45) is 0 Å². The lowest BCUT2D eigenvalue weighted by Gasteiger charge is -2.25. The summed E-state index contributed by atoms with van der Waals surface area (Å²) in [6.45, 7) is 6.03. The summed E-state index contributed by atoms with van der Waals surface area (Å²) in [6.07, 6.45) is 4.98. The molecule has 0 spiro atoms. The molecule has 2 rings (SSSR count). The van der Waals surface area contributed by atoms with Crippen LogP contribution in [0.15, 0.2) is 36.8 Å². The number of hydrogen-bond donors (Lipinski definition) is 1. The molecule has 1 aromatic heterocycles. The largest absolute Gasteiger partial charge is 0.377 e. The molecule has 0 bridgehead atoms. The average molecular weight is 288 g/mol. The zero-order chi connectivity index (χ0) is 15.4. The molecule has 0 saturated heterocycles. The Morgan fingerprint density at radius 1 is 1.19 bits per heavy atom. The van der Waals surface area contributed by atoms with Crippen molar-refractivity contribution < 1.29 is 4.39 Å². The van der Waals surface area contributed by atoms with E-state index in [4.69, 9.17) is 0 Å². The van der Waals surface area contributed by atoms with Crippen molar-refractivity contribution in [1.82, 2.24) is 9.97 Å². The molecule has 1 unspecified atom stereocenters. The maximum Gasteiger partial charge on any atom is 0.148 e. The SMILES string of the molecule is CC(Nc1ccc(N(C)C(C)C)c(F)c1)c1cnccn1. The molecule has 1 aromatic carbocycles. The Morgan fingerprint density at radius 2 is 1.95 bits per heavy atom. The molecule has 1 atom stereocenters. The van der Waals surface area contributed by atoms with Crippen LogP contribution in [0.4, 0.5) is 15.8 Å². The van der Waals surface area contributed by atoms with Crippen LogP contribution < -0.4 is 10.2 Å². The van der Waals surface area contributed by atoms with Crippen LogP contribution >= 0.6 is 0 Å². The molecule has 0 saturated carbocycles. The number of rotatable bonds is 5. The lowest BCUT2D eigenvalue weighted by molar-refractivity contribution is 0.613. The van der Waals surface area contributed by atoms with Gasteiger partial charge in [-0.1, -0.05) is 0 Å². The summed E-state index contributed by atoms with van der Waals surface area (Å²) in [5, 5.41) is 3.23. The fourth-order valence-corrected chi connectivity index (χ4v) is 2.02. The maximum absolute atomic E-state index is 14.2. The van der Waals surface area contributed by atoms with E-state index >= 15 is 0 Å². The first-order valence-electron chi connectivity index (χ1n) is 7.04. The molecule has 1 N–H and O–H groups in total. The Kier molecular flexibility index (Phi) is 4.73. The van der Waals surface area contributed by atoms with Gasteiger partial charge in [0.2, 0.25) is 0 Å². The number of benzene rings is 1. The molecule has 1 heterocycles. The smallest absolute Gasteiger partial charge is 0.148 e. The van der Waals surface area contributed by atoms with E-state index in [1.165, 1.54) is 6.07 Å². The minimum absolute atomic E-state index is 0.0354. The predicted octanol–water partition coefficient (Wildman–Crippen LogP) is 3.63. The third-order valence-corrected chi connectivity index (χ3v) is 3.51. The summed E-state index contributed by atoms with van der Waals surface area (Å²) >= 11 is 0. The third-order valence-electron chi connectivity index (χ3n) is 3.51. The standard InChI is InChI=1S/C16H21FN4/c1-11(2)21(4)16-6-5-13(9-14(16)17)20-12(3)15-10-18-7-8-19-15/h5-12,20H,1-4H3. The van der Waals surface area contributed by atoms with Crippen molar-refractivity contribution in [1.29, 1.82) is 0 Å². The first-order valence-corrected chi connectivity index (χ1v) is 7.04. The number of halogens is 1. The van der Waals surface area contributed by atoms with Gasteiger partial charge >= 0.3 is 0 Å². The molecule has 112 valence electrons. The zero-order valence-electron chi connectivity index (χ0n) is 12.8. The van der Waals surface area contributed by atoms with Crippen LogP contribution in [0.1, 0.15) is 32.5 Å². The maximum atomic E-state index is 14.2. The summed E-state index contributed by atoms with van der Waals surface area (Å²) in [7, 11) is 1.89. The van der Waals surface area contributed by atoms with Gasteiger partial charge in [-0.3, -0.25) is 9.97 Å². The van der Waals surface area contributed by atoms with Gasteiger partial charge in [0.05, 0.1) is 23.6 Å². The summed E-state index contributed by atoms with van der Waals surface area (Å²) in [5.74, 6) is -0.234. The first-order chi connectivity index (χ1) is 9.99. The van der Waals surface area contributed by atoms with E-state index in [9.17, 15) is 4.39 Å². The van der Waals surface area contributed by atoms with Gasteiger partial charge in [0, 0.05) is 31.2 Å². The molecule has 4 nitrogen and oxygen atoms in total. The Balaban J connectivity index is 2.14. The van der Waals surface area contributed by atoms with Gasteiger partial charge < -0.3 is 10.2 Å². The van der Waals surface area contributed by atoms with Crippen LogP contribution in [0.5, 0.6) is 0 Å². The lowest BCUT2D eigenvalue weighted by atomic mass is 10.2. The second-order valence-electron chi connectivity index (χ2n) is 5.37. The molecule has 0 fully saturated rings. The summed E-state index contributed by atoms with van der Waals surface area (Å²) in [4.78, 5) is 10.2. The molecule has 0 aliphatic carbocycles. The van der Waals surface area contributed by atoms with Crippen LogP contribution in [0.2, 0.25) is 0 Å². The average Bonchev–Trinajstić information content (AvgIpc) is 2.47. The highest BCUT2D eigenvalue weighted by molar-refractivity contribution is 5.56. The molecule has 0 aliphatic heterocycles. The lowest BCUT2D eigenvalue weighted by Crippen LogP contribution is -2.26. The van der Waals surface area contributed by atoms with E-state index in [0.29, 0.717) is 5.69 Å². The fourth-order valence-electron chi connectivity index (χ4n) is 2.02. The van der Waals surface area contributed by atoms with Gasteiger partial charge in [-0.2, -0.15) is 0 Å². The summed E-state index contributed by atoms with van der Waals surface area (Å²) < 4.78 is 14.2. The Morgan fingerprint density at radius 3 is 2.52 bits per heavy atom. The van der Waals surface area contributed by atoms with Crippen molar-refractivity contribution in [3.05, 3.63) is 48.3 Å². The second kappa shape index (κ2) is 6.52. The van der Waals surface area contributed by atoms with E-state index in [0.717, 1.165) is 11.4 Å². The molecule has 5 heteroatoms. The van der Waals surface area contributed by atoms with Crippen LogP contribution in [0.3, 0.4) is 0 Å². The highest BCUT2D eigenvalue weighted by Gasteiger charge is 2.12. The van der Waals surface area contributed by atoms with Crippen LogP contribution in [0, 0.1) is 5.82 Å². The molecule has 0 amide bonds. The number of aromatic nitrogens is 2. The predicted molar refractivity (Wildman–Crippen MR) is 84.0 cm³/mol. The highest BCUT2D eigenvalue weighted by Crippen LogP contribution is 2.25. The van der Waals surface area contributed by atoms with Gasteiger partial charge in [-0.25, -0.2) is 4.39 Å². The summed E-state index contributed by atoms with van der Waals surface area (Å²) in [5.41, 5.74) is 2.15. The van der Waals surface area contributed by atoms with Crippen LogP contribution in [-0.4, -0.2) is 23.1 Å². The number of anilines is 2. The number of nitrogens with one attached hydrogen (secondary N) is 1. The van der Waals surface area contributed by atoms with Gasteiger partial charge in [-0.15, -0.1) is 0 Å². The molecule has 2 aromatic rings. The Labute approximate surface area is 125 Å². The van der Waals surface area contributed by atoms with Crippen LogP contribution in [0.25, 0.3) is 0 Å². The monoisotopic (exact) mass is 288 g/mol. The Bertz CT molecular complexity index is 586. The molecular weight excluding hydrogens is 267 g/mol. The second-order valence-corrected chi connectivity index (χ2v) is 5.37. The quantitative estimate of drug-likeness (QED) is 0.912. The molecule has 0 aliphatic rings. The van der Waals surface area contributed by atoms with Crippen LogP contribution in [-0.2, 0) is 0 Å². The van der Waals surface area contributed by atoms with Crippen molar-refractivity contribution in [2.75, 3.05) is 17.3 Å². The van der Waals surface area contributed by atoms with E-state index < -0.39 is 0 Å². The van der Waals surface area contributed by atoms with Crippen molar-refractivity contribution in [3.63, 3.8) is 0 Å². The van der Waals surface area contributed by atoms with E-state index in [-0.39, 0.29) is 17.9 Å². The zero-order valence-corrected chi connectivity index (χ0v) is 12.8. The highest BCUT2D eigenvalue weighted by atomic mass is 19.1. The normalized spacial score (nSPS) is 12.3. The van der Waals surface area contributed by atoms with E-state index in [1.54, 1.807) is 24.7 Å². The van der Waals surface area contributed by atoms with Crippen molar-refractivity contribution in [3.8, 4) is 0 Å². The van der Waals surface area contributed by atoms with E-state index in [2.05, 4.69) is 15.3 Å². The molecule has 21 heavy (non-hydrogen) atoms. The Hall–Kier alpha value is -2.17. The number of hydrogen-bond acceptors (Lipinski definition) is 4. The van der Waals surface area contributed by atoms with Gasteiger partial charge in [0.15, 0.2) is 0 Å². The van der Waals surface area contributed by atoms with Gasteiger partial charge in [-0.05, 0) is 39.0 Å². The topological polar surface area (TPSA) is 41.0 Å². The van der Waals surface area contributed by atoms with Gasteiger partial charge in [0.1, 0.15) is 5.82 Å². The number of nitrogens with zero attached hydrogens (tertiary/aromatic N) is 3. The minimum atomic E-state index is -0.234.